The van der Waals surface area contributed by atoms with Crippen molar-refractivity contribution in [3.8, 4) is 0 Å². The Balaban J connectivity index is 2.17. The second kappa shape index (κ2) is 13.4. The minimum absolute atomic E-state index is 0.00249. The molecule has 0 unspecified atom stereocenters. The molecule has 8 heteroatoms. The predicted octanol–water partition coefficient (Wildman–Crippen LogP) is 6.94. The third-order valence-corrected chi connectivity index (χ3v) is 9.25. The van der Waals surface area contributed by atoms with E-state index >= 15 is 0 Å². The van der Waals surface area contributed by atoms with Crippen LogP contribution in [0.25, 0.3) is 0 Å². The van der Waals surface area contributed by atoms with Gasteiger partial charge in [-0.25, -0.2) is 8.42 Å². The summed E-state index contributed by atoms with van der Waals surface area (Å²) in [5, 5.41) is 0. The van der Waals surface area contributed by atoms with Gasteiger partial charge in [-0.2, -0.15) is 8.42 Å². The highest BCUT2D eigenvalue weighted by Gasteiger charge is 2.29. The fourth-order valence-corrected chi connectivity index (χ4v) is 7.26. The Bertz CT molecular complexity index is 1170. The van der Waals surface area contributed by atoms with Crippen molar-refractivity contribution in [1.82, 2.24) is 0 Å². The lowest BCUT2D eigenvalue weighted by molar-refractivity contribution is 0.479. The summed E-state index contributed by atoms with van der Waals surface area (Å²) >= 11 is 0. The number of sulfone groups is 1. The summed E-state index contributed by atoms with van der Waals surface area (Å²) in [5.74, 6) is -0.146. The average molecular weight is 524 g/mol. The molecule has 3 N–H and O–H groups in total. The van der Waals surface area contributed by atoms with Crippen LogP contribution in [-0.2, 0) is 26.4 Å². The molecule has 0 aliphatic carbocycles. The largest absolute Gasteiger partial charge is 0.399 e. The highest BCUT2D eigenvalue weighted by Crippen LogP contribution is 2.34. The summed E-state index contributed by atoms with van der Waals surface area (Å²) in [4.78, 5) is -0.991. The van der Waals surface area contributed by atoms with Crippen molar-refractivity contribution in [3.63, 3.8) is 0 Å². The normalized spacial score (nSPS) is 12.4. The molecule has 35 heavy (non-hydrogen) atoms. The summed E-state index contributed by atoms with van der Waals surface area (Å²) < 4.78 is 61.0. The van der Waals surface area contributed by atoms with Crippen molar-refractivity contribution in [2.24, 2.45) is 0 Å². The molecule has 6 nitrogen and oxygen atoms in total. The van der Waals surface area contributed by atoms with Crippen molar-refractivity contribution in [2.45, 2.75) is 112 Å². The predicted molar refractivity (Wildman–Crippen MR) is 142 cm³/mol. The molecule has 0 aliphatic rings. The van der Waals surface area contributed by atoms with Crippen molar-refractivity contribution in [1.29, 1.82) is 0 Å². The molecule has 196 valence electrons. The zero-order chi connectivity index (χ0) is 26.1. The number of unbranched alkanes of at least 4 members (excludes halogenated alkanes) is 9. The standard InChI is InChI=1S/C27H41NO5S2/c1-4-5-6-7-8-9-10-11-12-13-14-22-15-17-26(35(31,32)33)27(19-22)34(29,30)25-18-16-23(28)20-24(25)21(2)3/h15-21H,4-14,28H2,1-3H3,(H,31,32,33). The van der Waals surface area contributed by atoms with Gasteiger partial charge >= 0.3 is 0 Å². The molecule has 0 atom stereocenters. The second-order valence-electron chi connectivity index (χ2n) is 9.64. The van der Waals surface area contributed by atoms with E-state index in [1.54, 1.807) is 12.1 Å². The molecule has 0 spiro atoms. The molecular weight excluding hydrogens is 482 g/mol. The Labute approximate surface area is 212 Å². The lowest BCUT2D eigenvalue weighted by Gasteiger charge is -2.16. The van der Waals surface area contributed by atoms with E-state index < -0.39 is 29.7 Å². The monoisotopic (exact) mass is 523 g/mol. The van der Waals surface area contributed by atoms with E-state index in [9.17, 15) is 21.4 Å². The van der Waals surface area contributed by atoms with Crippen LogP contribution in [0.5, 0.6) is 0 Å². The lowest BCUT2D eigenvalue weighted by atomic mass is 10.0. The molecule has 0 aliphatic heterocycles. The fourth-order valence-electron chi connectivity index (χ4n) is 4.33. The van der Waals surface area contributed by atoms with Gasteiger partial charge in [-0.1, -0.05) is 84.6 Å². The van der Waals surface area contributed by atoms with E-state index in [0.29, 0.717) is 17.7 Å². The number of nitrogens with two attached hydrogens (primary N) is 1. The number of benzene rings is 2. The van der Waals surface area contributed by atoms with Crippen LogP contribution >= 0.6 is 0 Å². The van der Waals surface area contributed by atoms with E-state index in [0.717, 1.165) is 24.8 Å². The molecule has 2 rings (SSSR count). The minimum atomic E-state index is -4.73. The molecule has 2 aromatic carbocycles. The molecule has 2 aromatic rings. The molecule has 0 heterocycles. The summed E-state index contributed by atoms with van der Waals surface area (Å²) in [6.45, 7) is 5.91. The molecular formula is C27H41NO5S2. The van der Waals surface area contributed by atoms with Gasteiger partial charge in [0.1, 0.15) is 4.90 Å². The Morgan fingerprint density at radius 1 is 0.743 bits per heavy atom. The van der Waals surface area contributed by atoms with E-state index in [4.69, 9.17) is 5.73 Å². The minimum Gasteiger partial charge on any atom is -0.399 e. The average Bonchev–Trinajstić information content (AvgIpc) is 2.79. The highest BCUT2D eigenvalue weighted by molar-refractivity contribution is 7.93. The third kappa shape index (κ3) is 8.62. The molecule has 0 saturated heterocycles. The number of hydrogen-bond donors (Lipinski definition) is 2. The van der Waals surface area contributed by atoms with Crippen LogP contribution in [0.15, 0.2) is 51.1 Å². The first kappa shape index (κ1) is 29.3. The van der Waals surface area contributed by atoms with Crippen LogP contribution in [0.2, 0.25) is 0 Å². The summed E-state index contributed by atoms with van der Waals surface area (Å²) in [6.07, 6.45) is 12.6. The van der Waals surface area contributed by atoms with Gasteiger partial charge in [-0.3, -0.25) is 4.55 Å². The molecule has 0 amide bonds. The van der Waals surface area contributed by atoms with Crippen LogP contribution in [0, 0.1) is 0 Å². The number of rotatable bonds is 15. The van der Waals surface area contributed by atoms with Crippen LogP contribution < -0.4 is 5.73 Å². The fraction of sp³-hybridized carbons (Fsp3) is 0.556. The Morgan fingerprint density at radius 2 is 1.29 bits per heavy atom. The maximum absolute atomic E-state index is 13.6. The summed E-state index contributed by atoms with van der Waals surface area (Å²) in [5.41, 5.74) is 7.53. The van der Waals surface area contributed by atoms with Gasteiger partial charge in [0.15, 0.2) is 0 Å². The smallest absolute Gasteiger partial charge is 0.295 e. The first-order valence-electron chi connectivity index (χ1n) is 12.7. The summed E-state index contributed by atoms with van der Waals surface area (Å²) in [7, 11) is -8.95. The third-order valence-electron chi connectivity index (χ3n) is 6.34. The number of aryl methyl sites for hydroxylation is 1. The topological polar surface area (TPSA) is 115 Å². The van der Waals surface area contributed by atoms with Gasteiger partial charge < -0.3 is 5.73 Å². The van der Waals surface area contributed by atoms with Crippen LogP contribution in [0.1, 0.15) is 102 Å². The van der Waals surface area contributed by atoms with E-state index in [2.05, 4.69) is 6.92 Å². The quantitative estimate of drug-likeness (QED) is 0.148. The van der Waals surface area contributed by atoms with Crippen molar-refractivity contribution < 1.29 is 21.4 Å². The summed E-state index contributed by atoms with van der Waals surface area (Å²) in [6, 6.07) is 8.66. The number of hydrogen-bond acceptors (Lipinski definition) is 5. The van der Waals surface area contributed by atoms with Crippen molar-refractivity contribution >= 4 is 25.6 Å². The Kier molecular flexibility index (Phi) is 11.2. The van der Waals surface area contributed by atoms with Gasteiger partial charge in [0.25, 0.3) is 10.1 Å². The molecule has 0 aromatic heterocycles. The molecule has 0 fully saturated rings. The van der Waals surface area contributed by atoms with Crippen molar-refractivity contribution in [2.75, 3.05) is 5.73 Å². The first-order valence-corrected chi connectivity index (χ1v) is 15.7. The van der Waals surface area contributed by atoms with Gasteiger partial charge in [0.05, 0.1) is 9.79 Å². The zero-order valence-corrected chi connectivity index (χ0v) is 22.9. The SMILES string of the molecule is CCCCCCCCCCCCc1ccc(S(=O)(=O)O)c(S(=O)(=O)c2ccc(N)cc2C(C)C)c1. The van der Waals surface area contributed by atoms with Crippen LogP contribution in [0.4, 0.5) is 5.69 Å². The van der Waals surface area contributed by atoms with Gasteiger partial charge in [0.2, 0.25) is 9.84 Å². The molecule has 0 saturated carbocycles. The van der Waals surface area contributed by atoms with Gasteiger partial charge in [0, 0.05) is 5.69 Å². The van der Waals surface area contributed by atoms with Gasteiger partial charge in [-0.15, -0.1) is 0 Å². The van der Waals surface area contributed by atoms with Crippen LogP contribution in [0.3, 0.4) is 0 Å². The molecule has 0 bridgehead atoms. The maximum atomic E-state index is 13.6. The second-order valence-corrected chi connectivity index (χ2v) is 12.9. The van der Waals surface area contributed by atoms with E-state index in [1.165, 1.54) is 69.2 Å². The van der Waals surface area contributed by atoms with Crippen molar-refractivity contribution in [3.05, 3.63) is 47.5 Å². The zero-order valence-electron chi connectivity index (χ0n) is 21.3. The number of anilines is 1. The maximum Gasteiger partial charge on any atom is 0.295 e. The van der Waals surface area contributed by atoms with E-state index in [-0.39, 0.29) is 10.8 Å². The van der Waals surface area contributed by atoms with Crippen LogP contribution in [-0.4, -0.2) is 21.4 Å². The lowest BCUT2D eigenvalue weighted by Crippen LogP contribution is -2.13. The Morgan fingerprint density at radius 3 is 1.83 bits per heavy atom. The first-order chi connectivity index (χ1) is 16.5. The Hall–Kier alpha value is -1.90. The molecule has 0 radical (unpaired) electrons. The van der Waals surface area contributed by atoms with E-state index in [1.807, 2.05) is 13.8 Å². The highest BCUT2D eigenvalue weighted by atomic mass is 32.2. The number of nitrogen functional groups attached to an aromatic ring is 1. The van der Waals surface area contributed by atoms with Gasteiger partial charge in [-0.05, 0) is 60.2 Å².